The first-order chi connectivity index (χ1) is 8.33. The molecule has 1 aliphatic rings. The molecule has 0 radical (unpaired) electrons. The maximum absolute atomic E-state index is 5.91. The molecule has 2 aromatic rings. The van der Waals surface area contributed by atoms with Crippen molar-refractivity contribution >= 4 is 17.2 Å². The molecule has 17 heavy (non-hydrogen) atoms. The predicted molar refractivity (Wildman–Crippen MR) is 65.3 cm³/mol. The van der Waals surface area contributed by atoms with E-state index in [2.05, 4.69) is 10.2 Å². The van der Waals surface area contributed by atoms with Crippen molar-refractivity contribution in [1.82, 2.24) is 14.6 Å². The van der Waals surface area contributed by atoms with E-state index >= 15 is 0 Å². The third-order valence-corrected chi connectivity index (χ3v) is 3.36. The number of pyridine rings is 1. The van der Waals surface area contributed by atoms with Crippen LogP contribution in [0.25, 0.3) is 5.65 Å². The van der Waals surface area contributed by atoms with Gasteiger partial charge in [-0.2, -0.15) is 0 Å². The molecule has 1 aliphatic heterocycles. The second-order valence-electron chi connectivity index (χ2n) is 4.38. The van der Waals surface area contributed by atoms with Gasteiger partial charge in [-0.05, 0) is 25.3 Å². The number of hydrogen-bond acceptors (Lipinski definition) is 3. The fourth-order valence-electron chi connectivity index (χ4n) is 2.23. The summed E-state index contributed by atoms with van der Waals surface area (Å²) in [7, 11) is 0. The first kappa shape index (κ1) is 11.0. The smallest absolute Gasteiger partial charge is 0.162 e. The quantitative estimate of drug-likeness (QED) is 0.823. The summed E-state index contributed by atoms with van der Waals surface area (Å²) in [5.74, 6) is 0.948. The lowest BCUT2D eigenvalue weighted by atomic mass is 10.1. The molecule has 0 aliphatic carbocycles. The average Bonchev–Trinajstić information content (AvgIpc) is 2.73. The molecule has 3 rings (SSSR count). The van der Waals surface area contributed by atoms with Crippen LogP contribution in [0.4, 0.5) is 0 Å². The Morgan fingerprint density at radius 3 is 3.18 bits per heavy atom. The minimum absolute atomic E-state index is 0.284. The average molecular weight is 252 g/mol. The van der Waals surface area contributed by atoms with E-state index in [1.165, 1.54) is 12.8 Å². The van der Waals surface area contributed by atoms with Crippen LogP contribution in [-0.2, 0) is 11.2 Å². The molecule has 1 unspecified atom stereocenters. The Kier molecular flexibility index (Phi) is 2.99. The Labute approximate surface area is 105 Å². The van der Waals surface area contributed by atoms with Gasteiger partial charge in [0.05, 0.1) is 6.10 Å². The second-order valence-corrected chi connectivity index (χ2v) is 4.82. The minimum Gasteiger partial charge on any atom is -0.378 e. The fourth-order valence-corrected chi connectivity index (χ4v) is 2.38. The highest BCUT2D eigenvalue weighted by atomic mass is 35.5. The van der Waals surface area contributed by atoms with Crippen molar-refractivity contribution in [2.45, 2.75) is 31.8 Å². The van der Waals surface area contributed by atoms with E-state index in [9.17, 15) is 0 Å². The number of ether oxygens (including phenoxy) is 1. The molecular formula is C12H14ClN3O. The molecule has 0 bridgehead atoms. The zero-order valence-corrected chi connectivity index (χ0v) is 10.2. The van der Waals surface area contributed by atoms with Crippen LogP contribution >= 0.6 is 11.6 Å². The molecule has 0 N–H and O–H groups in total. The Balaban J connectivity index is 1.84. The highest BCUT2D eigenvalue weighted by molar-refractivity contribution is 6.30. The predicted octanol–water partition coefficient (Wildman–Crippen LogP) is 2.49. The maximum Gasteiger partial charge on any atom is 0.162 e. The van der Waals surface area contributed by atoms with Crippen molar-refractivity contribution in [2.24, 2.45) is 0 Å². The van der Waals surface area contributed by atoms with Crippen LogP contribution in [-0.4, -0.2) is 27.3 Å². The highest BCUT2D eigenvalue weighted by Crippen LogP contribution is 2.18. The molecule has 1 fully saturated rings. The van der Waals surface area contributed by atoms with Crippen molar-refractivity contribution in [3.8, 4) is 0 Å². The van der Waals surface area contributed by atoms with Crippen LogP contribution in [0.15, 0.2) is 18.3 Å². The van der Waals surface area contributed by atoms with Crippen molar-refractivity contribution < 1.29 is 4.74 Å². The summed E-state index contributed by atoms with van der Waals surface area (Å²) in [6.45, 7) is 0.868. The zero-order valence-electron chi connectivity index (χ0n) is 9.47. The van der Waals surface area contributed by atoms with Crippen LogP contribution in [0.3, 0.4) is 0 Å². The number of fused-ring (bicyclic) bond motifs is 1. The number of aromatic nitrogens is 3. The lowest BCUT2D eigenvalue weighted by Gasteiger charge is -2.21. The van der Waals surface area contributed by atoms with Gasteiger partial charge in [0.1, 0.15) is 5.82 Å². The van der Waals surface area contributed by atoms with Gasteiger partial charge in [-0.1, -0.05) is 11.6 Å². The normalized spacial score (nSPS) is 20.9. The van der Waals surface area contributed by atoms with Crippen molar-refractivity contribution in [2.75, 3.05) is 6.61 Å². The molecule has 0 spiro atoms. The van der Waals surface area contributed by atoms with E-state index in [1.54, 1.807) is 0 Å². The Hall–Kier alpha value is -1.13. The molecule has 1 atom stereocenters. The molecule has 0 aromatic carbocycles. The second kappa shape index (κ2) is 4.63. The van der Waals surface area contributed by atoms with Crippen molar-refractivity contribution in [3.05, 3.63) is 29.2 Å². The Morgan fingerprint density at radius 2 is 2.35 bits per heavy atom. The van der Waals surface area contributed by atoms with Gasteiger partial charge in [0, 0.05) is 30.3 Å². The molecule has 2 aromatic heterocycles. The van der Waals surface area contributed by atoms with E-state index in [-0.39, 0.29) is 6.10 Å². The third-order valence-electron chi connectivity index (χ3n) is 3.13. The number of rotatable bonds is 2. The molecule has 1 saturated heterocycles. The highest BCUT2D eigenvalue weighted by Gasteiger charge is 2.17. The summed E-state index contributed by atoms with van der Waals surface area (Å²) >= 11 is 5.91. The largest absolute Gasteiger partial charge is 0.378 e. The summed E-state index contributed by atoms with van der Waals surface area (Å²) in [6.07, 6.45) is 6.55. The summed E-state index contributed by atoms with van der Waals surface area (Å²) in [5, 5.41) is 9.01. The number of nitrogens with zero attached hydrogens (tertiary/aromatic N) is 3. The Morgan fingerprint density at radius 1 is 1.41 bits per heavy atom. The van der Waals surface area contributed by atoms with Crippen LogP contribution in [0, 0.1) is 0 Å². The lowest BCUT2D eigenvalue weighted by molar-refractivity contribution is 0.0155. The van der Waals surface area contributed by atoms with Gasteiger partial charge in [-0.25, -0.2) is 0 Å². The summed E-state index contributed by atoms with van der Waals surface area (Å²) in [6, 6.07) is 3.67. The molecule has 5 heteroatoms. The molecule has 3 heterocycles. The summed E-state index contributed by atoms with van der Waals surface area (Å²) < 4.78 is 7.69. The standard InChI is InChI=1S/C12H14ClN3O/c13-9-4-5-16-11(7-9)14-15-12(16)8-10-3-1-2-6-17-10/h4-5,7,10H,1-3,6,8H2. The SMILES string of the molecule is Clc1ccn2c(CC3CCCCO3)nnc2c1. The first-order valence-electron chi connectivity index (χ1n) is 5.94. The van der Waals surface area contributed by atoms with Gasteiger partial charge < -0.3 is 4.74 Å². The third kappa shape index (κ3) is 2.28. The van der Waals surface area contributed by atoms with Gasteiger partial charge in [-0.3, -0.25) is 4.40 Å². The molecule has 0 amide bonds. The molecule has 4 nitrogen and oxygen atoms in total. The number of hydrogen-bond donors (Lipinski definition) is 0. The topological polar surface area (TPSA) is 39.4 Å². The van der Waals surface area contributed by atoms with Crippen molar-refractivity contribution in [1.29, 1.82) is 0 Å². The van der Waals surface area contributed by atoms with E-state index in [4.69, 9.17) is 16.3 Å². The van der Waals surface area contributed by atoms with Gasteiger partial charge in [-0.15, -0.1) is 10.2 Å². The molecule has 90 valence electrons. The maximum atomic E-state index is 5.91. The summed E-state index contributed by atoms with van der Waals surface area (Å²) in [5.41, 5.74) is 0.795. The van der Waals surface area contributed by atoms with Crippen molar-refractivity contribution in [3.63, 3.8) is 0 Å². The Bertz CT molecular complexity index is 519. The van der Waals surface area contributed by atoms with Gasteiger partial charge >= 0.3 is 0 Å². The summed E-state index contributed by atoms with van der Waals surface area (Å²) in [4.78, 5) is 0. The lowest BCUT2D eigenvalue weighted by Crippen LogP contribution is -2.22. The van der Waals surface area contributed by atoms with Crippen LogP contribution in [0.2, 0.25) is 5.02 Å². The molecular weight excluding hydrogens is 238 g/mol. The van der Waals surface area contributed by atoms with Gasteiger partial charge in [0.15, 0.2) is 5.65 Å². The number of halogens is 1. The fraction of sp³-hybridized carbons (Fsp3) is 0.500. The van der Waals surface area contributed by atoms with E-state index < -0.39 is 0 Å². The van der Waals surface area contributed by atoms with E-state index in [0.29, 0.717) is 5.02 Å². The first-order valence-corrected chi connectivity index (χ1v) is 6.31. The van der Waals surface area contributed by atoms with Crippen LogP contribution < -0.4 is 0 Å². The van der Waals surface area contributed by atoms with Gasteiger partial charge in [0.25, 0.3) is 0 Å². The van der Waals surface area contributed by atoms with Gasteiger partial charge in [0.2, 0.25) is 0 Å². The van der Waals surface area contributed by atoms with Crippen LogP contribution in [0.5, 0.6) is 0 Å². The van der Waals surface area contributed by atoms with Crippen LogP contribution in [0.1, 0.15) is 25.1 Å². The minimum atomic E-state index is 0.284. The molecule has 0 saturated carbocycles. The van der Waals surface area contributed by atoms with E-state index in [0.717, 1.165) is 30.9 Å². The monoisotopic (exact) mass is 251 g/mol. The zero-order chi connectivity index (χ0) is 11.7. The van der Waals surface area contributed by atoms with E-state index in [1.807, 2.05) is 22.7 Å².